The molecule has 2 amide bonds. The van der Waals surface area contributed by atoms with Gasteiger partial charge in [0.1, 0.15) is 0 Å². The highest BCUT2D eigenvalue weighted by atomic mass is 16.5. The average molecular weight is 214 g/mol. The van der Waals surface area contributed by atoms with Crippen LogP contribution in [0.5, 0.6) is 0 Å². The monoisotopic (exact) mass is 214 g/mol. The highest BCUT2D eigenvalue weighted by Crippen LogP contribution is 2.16. The lowest BCUT2D eigenvalue weighted by molar-refractivity contribution is -0.0683. The first-order valence-corrected chi connectivity index (χ1v) is 5.59. The van der Waals surface area contributed by atoms with Crippen LogP contribution in [0.25, 0.3) is 0 Å². The molecule has 0 atom stereocenters. The molecule has 0 saturated carbocycles. The minimum atomic E-state index is 0.105. The number of carbonyl (C=O) groups excluding carboxylic acids is 1. The molecule has 4 nitrogen and oxygen atoms in total. The number of urea groups is 1. The summed E-state index contributed by atoms with van der Waals surface area (Å²) < 4.78 is 5.59. The Kier molecular flexibility index (Phi) is 3.97. The van der Waals surface area contributed by atoms with Crippen molar-refractivity contribution in [1.29, 1.82) is 0 Å². The molecule has 1 fully saturated rings. The molecule has 1 aliphatic rings. The zero-order valence-corrected chi connectivity index (χ0v) is 10.4. The molecule has 1 rings (SSSR count). The molecular formula is C11H22N2O2. The summed E-state index contributed by atoms with van der Waals surface area (Å²) in [7, 11) is 1.84. The lowest BCUT2D eigenvalue weighted by Crippen LogP contribution is -2.59. The summed E-state index contributed by atoms with van der Waals surface area (Å²) >= 11 is 0. The maximum absolute atomic E-state index is 11.8. The third kappa shape index (κ3) is 3.09. The maximum atomic E-state index is 11.8. The molecule has 0 spiro atoms. The topological polar surface area (TPSA) is 32.8 Å². The zero-order chi connectivity index (χ0) is 11.6. The Morgan fingerprint density at radius 1 is 1.33 bits per heavy atom. The van der Waals surface area contributed by atoms with Crippen LogP contribution in [0.3, 0.4) is 0 Å². The second-order valence-electron chi connectivity index (χ2n) is 4.70. The van der Waals surface area contributed by atoms with Gasteiger partial charge in [-0.3, -0.25) is 0 Å². The van der Waals surface area contributed by atoms with Crippen molar-refractivity contribution in [1.82, 2.24) is 9.80 Å². The van der Waals surface area contributed by atoms with Gasteiger partial charge in [-0.2, -0.15) is 0 Å². The molecule has 0 unspecified atom stereocenters. The van der Waals surface area contributed by atoms with E-state index < -0.39 is 0 Å². The largest absolute Gasteiger partial charge is 0.372 e. The molecule has 0 aromatic rings. The number of ether oxygens (including phenoxy) is 1. The molecule has 0 aromatic heterocycles. The Morgan fingerprint density at radius 3 is 2.27 bits per heavy atom. The van der Waals surface area contributed by atoms with Gasteiger partial charge in [-0.15, -0.1) is 0 Å². The first-order chi connectivity index (χ1) is 6.91. The summed E-state index contributed by atoms with van der Waals surface area (Å²) in [5.41, 5.74) is 0. The standard InChI is InChI=1S/C11H22N2O2/c1-8(2)12(5)11(14)13-6-10(7-13)15-9(3)4/h8-10H,6-7H2,1-5H3. The fraction of sp³-hybridized carbons (Fsp3) is 0.909. The fourth-order valence-electron chi connectivity index (χ4n) is 1.51. The summed E-state index contributed by atoms with van der Waals surface area (Å²) in [6.07, 6.45) is 0.476. The van der Waals surface area contributed by atoms with E-state index in [9.17, 15) is 4.79 Å². The summed E-state index contributed by atoms with van der Waals surface area (Å²) in [4.78, 5) is 15.4. The van der Waals surface area contributed by atoms with Crippen molar-refractivity contribution in [2.45, 2.75) is 45.9 Å². The van der Waals surface area contributed by atoms with Crippen molar-refractivity contribution in [3.8, 4) is 0 Å². The normalized spacial score (nSPS) is 17.1. The van der Waals surface area contributed by atoms with Crippen LogP contribution in [0.2, 0.25) is 0 Å². The SMILES string of the molecule is CC(C)OC1CN(C(=O)N(C)C(C)C)C1. The maximum Gasteiger partial charge on any atom is 0.320 e. The predicted molar refractivity (Wildman–Crippen MR) is 59.9 cm³/mol. The van der Waals surface area contributed by atoms with Gasteiger partial charge < -0.3 is 14.5 Å². The first-order valence-electron chi connectivity index (χ1n) is 5.59. The van der Waals surface area contributed by atoms with Crippen LogP contribution in [0.1, 0.15) is 27.7 Å². The van der Waals surface area contributed by atoms with Gasteiger partial charge in [0.15, 0.2) is 0 Å². The Labute approximate surface area is 92.2 Å². The molecular weight excluding hydrogens is 192 g/mol. The molecule has 0 radical (unpaired) electrons. The molecule has 1 heterocycles. The van der Waals surface area contributed by atoms with Crippen molar-refractivity contribution >= 4 is 6.03 Å². The molecule has 1 aliphatic heterocycles. The van der Waals surface area contributed by atoms with Crippen LogP contribution in [-0.2, 0) is 4.74 Å². The minimum absolute atomic E-state index is 0.105. The Hall–Kier alpha value is -0.770. The molecule has 0 bridgehead atoms. The smallest absolute Gasteiger partial charge is 0.320 e. The van der Waals surface area contributed by atoms with E-state index in [1.165, 1.54) is 0 Å². The van der Waals surface area contributed by atoms with Gasteiger partial charge in [-0.05, 0) is 27.7 Å². The number of hydrogen-bond acceptors (Lipinski definition) is 2. The highest BCUT2D eigenvalue weighted by molar-refractivity contribution is 5.75. The van der Waals surface area contributed by atoms with E-state index in [1.807, 2.05) is 39.6 Å². The molecule has 15 heavy (non-hydrogen) atoms. The second-order valence-corrected chi connectivity index (χ2v) is 4.70. The number of rotatable bonds is 3. The van der Waals surface area contributed by atoms with Crippen LogP contribution < -0.4 is 0 Å². The van der Waals surface area contributed by atoms with E-state index in [0.717, 1.165) is 13.1 Å². The summed E-state index contributed by atoms with van der Waals surface area (Å²) in [6.45, 7) is 9.52. The van der Waals surface area contributed by atoms with Crippen molar-refractivity contribution < 1.29 is 9.53 Å². The van der Waals surface area contributed by atoms with E-state index in [1.54, 1.807) is 4.90 Å². The van der Waals surface area contributed by atoms with Gasteiger partial charge >= 0.3 is 6.03 Å². The van der Waals surface area contributed by atoms with E-state index in [0.29, 0.717) is 0 Å². The number of hydrogen-bond donors (Lipinski definition) is 0. The predicted octanol–water partition coefficient (Wildman–Crippen LogP) is 1.56. The van der Waals surface area contributed by atoms with Gasteiger partial charge in [-0.1, -0.05) is 0 Å². The van der Waals surface area contributed by atoms with E-state index in [2.05, 4.69) is 0 Å². The average Bonchev–Trinajstić information content (AvgIpc) is 2.07. The Morgan fingerprint density at radius 2 is 1.87 bits per heavy atom. The van der Waals surface area contributed by atoms with Crippen LogP contribution in [0.15, 0.2) is 0 Å². The molecule has 88 valence electrons. The third-order valence-electron chi connectivity index (χ3n) is 2.66. The molecule has 1 saturated heterocycles. The summed E-state index contributed by atoms with van der Waals surface area (Å²) in [6, 6.07) is 0.358. The van der Waals surface area contributed by atoms with Gasteiger partial charge in [0.05, 0.1) is 25.3 Å². The molecule has 0 aliphatic carbocycles. The lowest BCUT2D eigenvalue weighted by atomic mass is 10.1. The quantitative estimate of drug-likeness (QED) is 0.714. The lowest BCUT2D eigenvalue weighted by Gasteiger charge is -2.42. The Bertz CT molecular complexity index is 223. The van der Waals surface area contributed by atoms with Crippen molar-refractivity contribution in [3.63, 3.8) is 0 Å². The van der Waals surface area contributed by atoms with Crippen LogP contribution in [-0.4, -0.2) is 54.2 Å². The first kappa shape index (κ1) is 12.3. The Balaban J connectivity index is 2.29. The number of likely N-dealkylation sites (tertiary alicyclic amines) is 1. The summed E-state index contributed by atoms with van der Waals surface area (Å²) in [5, 5.41) is 0. The van der Waals surface area contributed by atoms with Crippen molar-refractivity contribution in [2.75, 3.05) is 20.1 Å². The van der Waals surface area contributed by atoms with Crippen LogP contribution in [0.4, 0.5) is 4.79 Å². The number of amides is 2. The van der Waals surface area contributed by atoms with Gasteiger partial charge in [0, 0.05) is 13.1 Å². The zero-order valence-electron chi connectivity index (χ0n) is 10.4. The summed E-state index contributed by atoms with van der Waals surface area (Å²) in [5.74, 6) is 0. The fourth-order valence-corrected chi connectivity index (χ4v) is 1.51. The second kappa shape index (κ2) is 4.84. The van der Waals surface area contributed by atoms with E-state index in [-0.39, 0.29) is 24.3 Å². The third-order valence-corrected chi connectivity index (χ3v) is 2.66. The van der Waals surface area contributed by atoms with Gasteiger partial charge in [0.25, 0.3) is 0 Å². The number of nitrogens with zero attached hydrogens (tertiary/aromatic N) is 2. The van der Waals surface area contributed by atoms with E-state index >= 15 is 0 Å². The van der Waals surface area contributed by atoms with Gasteiger partial charge in [0.2, 0.25) is 0 Å². The van der Waals surface area contributed by atoms with E-state index in [4.69, 9.17) is 4.74 Å². The number of carbonyl (C=O) groups is 1. The molecule has 4 heteroatoms. The van der Waals surface area contributed by atoms with Crippen molar-refractivity contribution in [2.24, 2.45) is 0 Å². The highest BCUT2D eigenvalue weighted by Gasteiger charge is 2.33. The van der Waals surface area contributed by atoms with Crippen LogP contribution >= 0.6 is 0 Å². The molecule has 0 aromatic carbocycles. The minimum Gasteiger partial charge on any atom is -0.372 e. The van der Waals surface area contributed by atoms with Crippen molar-refractivity contribution in [3.05, 3.63) is 0 Å². The van der Waals surface area contributed by atoms with Gasteiger partial charge in [-0.25, -0.2) is 4.79 Å². The van der Waals surface area contributed by atoms with Crippen LogP contribution in [0, 0.1) is 0 Å². The molecule has 0 N–H and O–H groups in total.